The quantitative estimate of drug-likeness (QED) is 0.745. The Morgan fingerprint density at radius 3 is 2.64 bits per heavy atom. The number of nitrogens with two attached hydrogens (primary N) is 1. The average molecular weight is 385 g/mol. The van der Waals surface area contributed by atoms with E-state index in [-0.39, 0.29) is 5.69 Å². The van der Waals surface area contributed by atoms with Crippen molar-refractivity contribution in [3.05, 3.63) is 40.6 Å². The summed E-state index contributed by atoms with van der Waals surface area (Å²) in [5.74, 6) is 1.54. The monoisotopic (exact) mass is 384 g/mol. The van der Waals surface area contributed by atoms with Gasteiger partial charge in [-0.05, 0) is 37.0 Å². The lowest BCUT2D eigenvalue weighted by molar-refractivity contribution is 0.256. The van der Waals surface area contributed by atoms with Gasteiger partial charge in [0.1, 0.15) is 5.82 Å². The highest BCUT2D eigenvalue weighted by atomic mass is 16.1. The number of aromatic nitrogens is 3. The van der Waals surface area contributed by atoms with E-state index in [2.05, 4.69) is 26.1 Å². The molecule has 2 fully saturated rings. The SMILES string of the molecule is Nc1cccc(N2CCN(CCc3n[nH]c(=O)n3CC3CCCCC3)CC2)c1. The number of nitrogens with one attached hydrogen (secondary N) is 1. The van der Waals surface area contributed by atoms with Gasteiger partial charge in [0.25, 0.3) is 0 Å². The van der Waals surface area contributed by atoms with Crippen LogP contribution >= 0.6 is 0 Å². The maximum absolute atomic E-state index is 12.2. The highest BCUT2D eigenvalue weighted by Crippen LogP contribution is 2.25. The van der Waals surface area contributed by atoms with E-state index in [0.29, 0.717) is 5.92 Å². The molecule has 1 aliphatic carbocycles. The molecule has 0 atom stereocenters. The Labute approximate surface area is 166 Å². The van der Waals surface area contributed by atoms with Gasteiger partial charge in [-0.15, -0.1) is 0 Å². The number of benzene rings is 1. The van der Waals surface area contributed by atoms with Gasteiger partial charge in [-0.3, -0.25) is 9.47 Å². The fourth-order valence-corrected chi connectivity index (χ4v) is 4.57. The summed E-state index contributed by atoms with van der Waals surface area (Å²) in [6.07, 6.45) is 7.23. The molecule has 28 heavy (non-hydrogen) atoms. The Bertz CT molecular complexity index is 814. The maximum atomic E-state index is 12.2. The molecule has 2 heterocycles. The van der Waals surface area contributed by atoms with Crippen LogP contribution < -0.4 is 16.3 Å². The molecular weight excluding hydrogens is 352 g/mol. The molecular formula is C21H32N6O. The van der Waals surface area contributed by atoms with Crippen LogP contribution in [0.25, 0.3) is 0 Å². The summed E-state index contributed by atoms with van der Waals surface area (Å²) in [6, 6.07) is 8.11. The van der Waals surface area contributed by atoms with Gasteiger partial charge in [0, 0.05) is 57.1 Å². The first-order valence-corrected chi connectivity index (χ1v) is 10.7. The molecule has 3 N–H and O–H groups in total. The van der Waals surface area contributed by atoms with E-state index in [1.807, 2.05) is 22.8 Å². The van der Waals surface area contributed by atoms with Crippen molar-refractivity contribution in [2.24, 2.45) is 5.92 Å². The standard InChI is InChI=1S/C21H32N6O/c22-18-7-4-8-19(15-18)26-13-11-25(12-14-26)10-9-20-23-24-21(28)27(20)16-17-5-2-1-3-6-17/h4,7-8,15,17H,1-3,5-6,9-14,16,22H2,(H,24,28). The summed E-state index contributed by atoms with van der Waals surface area (Å²) in [7, 11) is 0. The summed E-state index contributed by atoms with van der Waals surface area (Å²) < 4.78 is 1.89. The lowest BCUT2D eigenvalue weighted by Gasteiger charge is -2.36. The first-order chi connectivity index (χ1) is 13.7. The minimum Gasteiger partial charge on any atom is -0.399 e. The van der Waals surface area contributed by atoms with E-state index in [1.54, 1.807) is 0 Å². The van der Waals surface area contributed by atoms with Crippen molar-refractivity contribution in [2.75, 3.05) is 43.4 Å². The number of nitrogen functional groups attached to an aromatic ring is 1. The summed E-state index contributed by atoms with van der Waals surface area (Å²) in [5, 5.41) is 6.98. The normalized spacial score (nSPS) is 19.2. The number of rotatable bonds is 6. The van der Waals surface area contributed by atoms with Crippen molar-refractivity contribution in [3.63, 3.8) is 0 Å². The van der Waals surface area contributed by atoms with Gasteiger partial charge in [0.2, 0.25) is 0 Å². The second kappa shape index (κ2) is 8.82. The fourth-order valence-electron chi connectivity index (χ4n) is 4.57. The summed E-state index contributed by atoms with van der Waals surface area (Å²) in [5.41, 5.74) is 7.88. The Kier molecular flexibility index (Phi) is 6.00. The zero-order chi connectivity index (χ0) is 19.3. The van der Waals surface area contributed by atoms with Gasteiger partial charge in [0.15, 0.2) is 0 Å². The number of hydrogen-bond acceptors (Lipinski definition) is 5. The van der Waals surface area contributed by atoms with E-state index in [1.165, 1.54) is 37.8 Å². The molecule has 0 amide bonds. The van der Waals surface area contributed by atoms with Gasteiger partial charge in [-0.1, -0.05) is 25.3 Å². The van der Waals surface area contributed by atoms with Crippen molar-refractivity contribution in [1.29, 1.82) is 0 Å². The molecule has 2 aliphatic rings. The minimum atomic E-state index is -0.0490. The third-order valence-corrected chi connectivity index (χ3v) is 6.26. The predicted molar refractivity (Wildman–Crippen MR) is 113 cm³/mol. The van der Waals surface area contributed by atoms with Crippen molar-refractivity contribution in [2.45, 2.75) is 45.1 Å². The molecule has 1 saturated carbocycles. The fraction of sp³-hybridized carbons (Fsp3) is 0.619. The molecule has 0 spiro atoms. The molecule has 0 radical (unpaired) electrons. The van der Waals surface area contributed by atoms with E-state index >= 15 is 0 Å². The lowest BCUT2D eigenvalue weighted by Crippen LogP contribution is -2.47. The summed E-state index contributed by atoms with van der Waals surface area (Å²) in [4.78, 5) is 17.1. The van der Waals surface area contributed by atoms with Gasteiger partial charge in [0.05, 0.1) is 0 Å². The number of anilines is 2. The molecule has 7 nitrogen and oxygen atoms in total. The van der Waals surface area contributed by atoms with Crippen LogP contribution in [0, 0.1) is 5.92 Å². The van der Waals surface area contributed by atoms with E-state index in [9.17, 15) is 4.79 Å². The van der Waals surface area contributed by atoms with Crippen LogP contribution in [-0.2, 0) is 13.0 Å². The summed E-state index contributed by atoms with van der Waals surface area (Å²) in [6.45, 7) is 5.81. The van der Waals surface area contributed by atoms with Crippen LogP contribution in [0.5, 0.6) is 0 Å². The second-order valence-electron chi connectivity index (χ2n) is 8.23. The molecule has 7 heteroatoms. The predicted octanol–water partition coefficient (Wildman–Crippen LogP) is 2.10. The second-order valence-corrected chi connectivity index (χ2v) is 8.23. The topological polar surface area (TPSA) is 83.2 Å². The van der Waals surface area contributed by atoms with Gasteiger partial charge < -0.3 is 10.6 Å². The van der Waals surface area contributed by atoms with Crippen LogP contribution in [0.15, 0.2) is 29.1 Å². The lowest BCUT2D eigenvalue weighted by atomic mass is 9.89. The van der Waals surface area contributed by atoms with E-state index in [0.717, 1.165) is 57.2 Å². The van der Waals surface area contributed by atoms with E-state index in [4.69, 9.17) is 5.73 Å². The number of hydrogen-bond donors (Lipinski definition) is 2. The van der Waals surface area contributed by atoms with Crippen LogP contribution in [0.1, 0.15) is 37.9 Å². The molecule has 2 aromatic rings. The third kappa shape index (κ3) is 4.58. The van der Waals surface area contributed by atoms with Crippen molar-refractivity contribution >= 4 is 11.4 Å². The van der Waals surface area contributed by atoms with Crippen LogP contribution in [0.4, 0.5) is 11.4 Å². The molecule has 0 bridgehead atoms. The minimum absolute atomic E-state index is 0.0490. The third-order valence-electron chi connectivity index (χ3n) is 6.26. The van der Waals surface area contributed by atoms with Gasteiger partial charge in [-0.25, -0.2) is 9.89 Å². The molecule has 4 rings (SSSR count). The molecule has 1 saturated heterocycles. The number of nitrogens with zero attached hydrogens (tertiary/aromatic N) is 4. The average Bonchev–Trinajstić information content (AvgIpc) is 3.07. The van der Waals surface area contributed by atoms with Crippen LogP contribution in [0.3, 0.4) is 0 Å². The molecule has 0 unspecified atom stereocenters. The van der Waals surface area contributed by atoms with Gasteiger partial charge >= 0.3 is 5.69 Å². The Morgan fingerprint density at radius 2 is 1.89 bits per heavy atom. The Balaban J connectivity index is 1.29. The van der Waals surface area contributed by atoms with Crippen molar-refractivity contribution < 1.29 is 0 Å². The Morgan fingerprint density at radius 1 is 1.11 bits per heavy atom. The first kappa shape index (κ1) is 19.1. The maximum Gasteiger partial charge on any atom is 0.343 e. The van der Waals surface area contributed by atoms with Crippen molar-refractivity contribution in [3.8, 4) is 0 Å². The molecule has 1 aliphatic heterocycles. The Hall–Kier alpha value is -2.28. The smallest absolute Gasteiger partial charge is 0.343 e. The zero-order valence-corrected chi connectivity index (χ0v) is 16.6. The highest BCUT2D eigenvalue weighted by Gasteiger charge is 2.20. The molecule has 1 aromatic heterocycles. The number of aromatic amines is 1. The number of piperazine rings is 1. The number of H-pyrrole nitrogens is 1. The van der Waals surface area contributed by atoms with Crippen LogP contribution in [0.2, 0.25) is 0 Å². The zero-order valence-electron chi connectivity index (χ0n) is 16.6. The largest absolute Gasteiger partial charge is 0.399 e. The highest BCUT2D eigenvalue weighted by molar-refractivity contribution is 5.56. The van der Waals surface area contributed by atoms with Crippen LogP contribution in [-0.4, -0.2) is 52.4 Å². The first-order valence-electron chi connectivity index (χ1n) is 10.7. The molecule has 152 valence electrons. The van der Waals surface area contributed by atoms with E-state index < -0.39 is 0 Å². The van der Waals surface area contributed by atoms with Crippen molar-refractivity contribution in [1.82, 2.24) is 19.7 Å². The van der Waals surface area contributed by atoms with Gasteiger partial charge in [-0.2, -0.15) is 5.10 Å². The molecule has 1 aromatic carbocycles. The summed E-state index contributed by atoms with van der Waals surface area (Å²) >= 11 is 0.